The van der Waals surface area contributed by atoms with E-state index in [1.165, 1.54) is 24.3 Å². The summed E-state index contributed by atoms with van der Waals surface area (Å²) in [5.41, 5.74) is 0.667. The lowest BCUT2D eigenvalue weighted by Crippen LogP contribution is -2.44. The molecule has 0 saturated carbocycles. The maximum absolute atomic E-state index is 12.1. The van der Waals surface area contributed by atoms with Gasteiger partial charge in [-0.2, -0.15) is 0 Å². The molecule has 0 heterocycles. The maximum Gasteiger partial charge on any atom is 0.407 e. The first-order valence-electron chi connectivity index (χ1n) is 9.63. The Kier molecular flexibility index (Phi) is 9.11. The van der Waals surface area contributed by atoms with Gasteiger partial charge in [0.2, 0.25) is 5.91 Å². The van der Waals surface area contributed by atoms with Gasteiger partial charge in [0, 0.05) is 24.6 Å². The number of aliphatic hydroxyl groups is 1. The van der Waals surface area contributed by atoms with Crippen LogP contribution in [0.15, 0.2) is 54.6 Å². The van der Waals surface area contributed by atoms with Gasteiger partial charge >= 0.3 is 12.1 Å². The van der Waals surface area contributed by atoms with E-state index in [4.69, 9.17) is 4.74 Å². The van der Waals surface area contributed by atoms with Gasteiger partial charge in [-0.15, -0.1) is 0 Å². The van der Waals surface area contributed by atoms with Crippen molar-refractivity contribution in [2.45, 2.75) is 31.6 Å². The summed E-state index contributed by atoms with van der Waals surface area (Å²) in [7, 11) is 0. The summed E-state index contributed by atoms with van der Waals surface area (Å²) in [6, 6.07) is 13.1. The standard InChI is InChI=1S/C21H23N3O8/c25-16(12-22-21(29)32-13-14-6-2-1-3-7-14)11-19(26)23-17(20(27)28)10-15-8-4-5-9-18(15)24(30)31/h1-9,16-17,25H,10-13H2,(H,22,29)(H,23,26)(H,27,28)/t16-,17+/m0/s1. The SMILES string of the molecule is O=C(C[C@H](O)CNC(=O)OCc1ccccc1)N[C@H](Cc1ccccc1[N+](=O)[O-])C(=O)O. The van der Waals surface area contributed by atoms with Crippen molar-refractivity contribution in [3.8, 4) is 0 Å². The van der Waals surface area contributed by atoms with Crippen LogP contribution >= 0.6 is 0 Å². The number of benzene rings is 2. The Hall–Kier alpha value is -3.99. The highest BCUT2D eigenvalue weighted by Gasteiger charge is 2.25. The highest BCUT2D eigenvalue weighted by molar-refractivity contribution is 5.84. The molecule has 0 aliphatic heterocycles. The Morgan fingerprint density at radius 3 is 2.38 bits per heavy atom. The molecule has 11 heteroatoms. The molecule has 0 radical (unpaired) electrons. The summed E-state index contributed by atoms with van der Waals surface area (Å²) in [4.78, 5) is 45.7. The van der Waals surface area contributed by atoms with Crippen LogP contribution in [0.1, 0.15) is 17.5 Å². The number of ether oxygens (including phenoxy) is 1. The molecule has 32 heavy (non-hydrogen) atoms. The number of carbonyl (C=O) groups is 3. The third-order valence-electron chi connectivity index (χ3n) is 4.36. The normalized spacial score (nSPS) is 12.3. The van der Waals surface area contributed by atoms with Crippen LogP contribution in [0.3, 0.4) is 0 Å². The number of nitrogens with one attached hydrogen (secondary N) is 2. The summed E-state index contributed by atoms with van der Waals surface area (Å²) in [5.74, 6) is -2.17. The quantitative estimate of drug-likeness (QED) is 0.297. The molecule has 2 aromatic rings. The number of carboxylic acid groups (broad SMARTS) is 1. The van der Waals surface area contributed by atoms with E-state index in [9.17, 15) is 34.7 Å². The molecule has 0 bridgehead atoms. The first-order valence-corrected chi connectivity index (χ1v) is 9.63. The van der Waals surface area contributed by atoms with Crippen molar-refractivity contribution in [3.05, 3.63) is 75.8 Å². The lowest BCUT2D eigenvalue weighted by atomic mass is 10.0. The van der Waals surface area contributed by atoms with Gasteiger partial charge in [-0.05, 0) is 5.56 Å². The number of aliphatic hydroxyl groups excluding tert-OH is 1. The second kappa shape index (κ2) is 12.0. The number of aliphatic carboxylic acids is 1. The Balaban J connectivity index is 1.80. The minimum Gasteiger partial charge on any atom is -0.480 e. The molecule has 4 N–H and O–H groups in total. The molecule has 2 amide bonds. The van der Waals surface area contributed by atoms with E-state index in [1.54, 1.807) is 24.3 Å². The predicted molar refractivity (Wildman–Crippen MR) is 112 cm³/mol. The van der Waals surface area contributed by atoms with Crippen LogP contribution in [0.4, 0.5) is 10.5 Å². The molecule has 11 nitrogen and oxygen atoms in total. The zero-order valence-corrected chi connectivity index (χ0v) is 17.0. The molecule has 2 atom stereocenters. The second-order valence-corrected chi connectivity index (χ2v) is 6.85. The van der Waals surface area contributed by atoms with Crippen LogP contribution in [0.25, 0.3) is 0 Å². The van der Waals surface area contributed by atoms with Crippen molar-refractivity contribution < 1.29 is 34.3 Å². The minimum absolute atomic E-state index is 0.0369. The van der Waals surface area contributed by atoms with Gasteiger partial charge in [0.05, 0.1) is 17.4 Å². The number of nitro groups is 1. The lowest BCUT2D eigenvalue weighted by Gasteiger charge is -2.17. The monoisotopic (exact) mass is 445 g/mol. The van der Waals surface area contributed by atoms with Gasteiger partial charge in [-0.25, -0.2) is 9.59 Å². The molecule has 0 spiro atoms. The van der Waals surface area contributed by atoms with E-state index < -0.39 is 41.5 Å². The Morgan fingerprint density at radius 2 is 1.72 bits per heavy atom. The zero-order chi connectivity index (χ0) is 23.5. The molecule has 2 aromatic carbocycles. The summed E-state index contributed by atoms with van der Waals surface area (Å²) in [5, 5.41) is 34.9. The van der Waals surface area contributed by atoms with Crippen LogP contribution in [0.5, 0.6) is 0 Å². The van der Waals surface area contributed by atoms with Gasteiger partial charge in [-0.1, -0.05) is 48.5 Å². The van der Waals surface area contributed by atoms with Crippen molar-refractivity contribution in [2.24, 2.45) is 0 Å². The van der Waals surface area contributed by atoms with Crippen molar-refractivity contribution >= 4 is 23.7 Å². The van der Waals surface area contributed by atoms with Gasteiger partial charge in [-0.3, -0.25) is 14.9 Å². The predicted octanol–water partition coefficient (Wildman–Crippen LogP) is 1.38. The number of rotatable bonds is 11. The first kappa shape index (κ1) is 24.3. The van der Waals surface area contributed by atoms with Crippen LogP contribution in [0.2, 0.25) is 0 Å². The van der Waals surface area contributed by atoms with E-state index in [0.29, 0.717) is 0 Å². The van der Waals surface area contributed by atoms with Gasteiger partial charge in [0.15, 0.2) is 0 Å². The fourth-order valence-corrected chi connectivity index (χ4v) is 2.80. The number of nitro benzene ring substituents is 1. The number of hydrogen-bond donors (Lipinski definition) is 4. The number of amides is 2. The highest BCUT2D eigenvalue weighted by Crippen LogP contribution is 2.19. The van der Waals surface area contributed by atoms with Gasteiger partial charge in [0.1, 0.15) is 12.6 Å². The minimum atomic E-state index is -1.43. The molecule has 170 valence electrons. The molecule has 0 saturated heterocycles. The molecule has 2 rings (SSSR count). The number of carboxylic acids is 1. The molecule has 0 aliphatic carbocycles. The molecular formula is C21H23N3O8. The highest BCUT2D eigenvalue weighted by atomic mass is 16.6. The number of carbonyl (C=O) groups excluding carboxylic acids is 2. The summed E-state index contributed by atoms with van der Waals surface area (Å²) in [6.45, 7) is -0.252. The van der Waals surface area contributed by atoms with Crippen molar-refractivity contribution in [2.75, 3.05) is 6.54 Å². The van der Waals surface area contributed by atoms with E-state index in [1.807, 2.05) is 6.07 Å². The zero-order valence-electron chi connectivity index (χ0n) is 17.0. The number of nitrogens with zero attached hydrogens (tertiary/aromatic N) is 1. The van der Waals surface area contributed by atoms with Crippen LogP contribution in [-0.4, -0.2) is 51.8 Å². The van der Waals surface area contributed by atoms with Gasteiger partial charge in [0.25, 0.3) is 5.69 Å². The molecule has 0 fully saturated rings. The molecular weight excluding hydrogens is 422 g/mol. The first-order chi connectivity index (χ1) is 15.3. The van der Waals surface area contributed by atoms with E-state index in [0.717, 1.165) is 5.56 Å². The van der Waals surface area contributed by atoms with E-state index in [2.05, 4.69) is 10.6 Å². The fraction of sp³-hybridized carbons (Fsp3) is 0.286. The van der Waals surface area contributed by atoms with Crippen LogP contribution in [0, 0.1) is 10.1 Å². The topological polar surface area (TPSA) is 168 Å². The number of alkyl carbamates (subject to hydrolysis) is 1. The Bertz CT molecular complexity index is 951. The molecule has 0 aliphatic rings. The van der Waals surface area contributed by atoms with E-state index in [-0.39, 0.29) is 30.8 Å². The van der Waals surface area contributed by atoms with Crippen molar-refractivity contribution in [3.63, 3.8) is 0 Å². The maximum atomic E-state index is 12.1. The summed E-state index contributed by atoms with van der Waals surface area (Å²) < 4.78 is 4.98. The second-order valence-electron chi connectivity index (χ2n) is 6.85. The Morgan fingerprint density at radius 1 is 1.06 bits per heavy atom. The smallest absolute Gasteiger partial charge is 0.407 e. The largest absolute Gasteiger partial charge is 0.480 e. The van der Waals surface area contributed by atoms with Crippen molar-refractivity contribution in [1.29, 1.82) is 0 Å². The lowest BCUT2D eigenvalue weighted by molar-refractivity contribution is -0.385. The van der Waals surface area contributed by atoms with Gasteiger partial charge < -0.3 is 25.6 Å². The third kappa shape index (κ3) is 8.03. The fourth-order valence-electron chi connectivity index (χ4n) is 2.80. The summed E-state index contributed by atoms with van der Waals surface area (Å²) >= 11 is 0. The third-order valence-corrected chi connectivity index (χ3v) is 4.36. The van der Waals surface area contributed by atoms with E-state index >= 15 is 0 Å². The Labute approximate surface area is 183 Å². The molecule has 0 aromatic heterocycles. The number of para-hydroxylation sites is 1. The van der Waals surface area contributed by atoms with Crippen LogP contribution in [-0.2, 0) is 27.4 Å². The number of hydrogen-bond acceptors (Lipinski definition) is 7. The van der Waals surface area contributed by atoms with Crippen LogP contribution < -0.4 is 10.6 Å². The average Bonchev–Trinajstić information content (AvgIpc) is 2.76. The van der Waals surface area contributed by atoms with Crippen molar-refractivity contribution in [1.82, 2.24) is 10.6 Å². The molecule has 0 unspecified atom stereocenters. The average molecular weight is 445 g/mol. The summed E-state index contributed by atoms with van der Waals surface area (Å²) in [6.07, 6.45) is -2.87.